The van der Waals surface area contributed by atoms with Crippen molar-refractivity contribution in [1.29, 1.82) is 0 Å². The lowest BCUT2D eigenvalue weighted by atomic mass is 10.0. The first kappa shape index (κ1) is 23.1. The summed E-state index contributed by atoms with van der Waals surface area (Å²) in [6.07, 6.45) is -4.58. The van der Waals surface area contributed by atoms with E-state index in [1.807, 2.05) is 4.90 Å². The summed E-state index contributed by atoms with van der Waals surface area (Å²) in [6.45, 7) is 1.46. The number of anilines is 2. The van der Waals surface area contributed by atoms with Crippen LogP contribution in [0.5, 0.6) is 0 Å². The van der Waals surface area contributed by atoms with E-state index in [-0.39, 0.29) is 11.8 Å². The van der Waals surface area contributed by atoms with Gasteiger partial charge in [0.25, 0.3) is 0 Å². The van der Waals surface area contributed by atoms with E-state index in [1.165, 1.54) is 12.0 Å². The Hall–Kier alpha value is -2.59. The Labute approximate surface area is 183 Å². The van der Waals surface area contributed by atoms with Gasteiger partial charge in [0.15, 0.2) is 5.69 Å². The average molecular weight is 458 g/mol. The van der Waals surface area contributed by atoms with Crippen molar-refractivity contribution in [2.75, 3.05) is 57.2 Å². The molecule has 1 saturated heterocycles. The van der Waals surface area contributed by atoms with Crippen molar-refractivity contribution in [3.8, 4) is 0 Å². The van der Waals surface area contributed by atoms with Gasteiger partial charge in [-0.2, -0.15) is 18.2 Å². The molecule has 3 rings (SSSR count). The number of carbonyl (C=O) groups is 1. The Morgan fingerprint density at radius 2 is 1.81 bits per heavy atom. The Morgan fingerprint density at radius 3 is 2.35 bits per heavy atom. The predicted octanol–water partition coefficient (Wildman–Crippen LogP) is 3.25. The number of alkyl halides is 3. The molecule has 7 nitrogen and oxygen atoms in total. The second-order valence-corrected chi connectivity index (χ2v) is 7.68. The average Bonchev–Trinajstić information content (AvgIpc) is 2.74. The molecule has 1 aromatic heterocycles. The standard InChI is InChI=1S/C20H23ClF3N5O2/c1-27(2)16-12-15(20(22,23)24)25-19(26-16)29-10-8-28(9-11-29)17(18(30)31-3)13-6-4-5-7-14(13)21/h4-7,12,17H,8-11H2,1-3H3. The summed E-state index contributed by atoms with van der Waals surface area (Å²) >= 11 is 6.29. The molecule has 1 aliphatic heterocycles. The summed E-state index contributed by atoms with van der Waals surface area (Å²) in [5, 5.41) is 0.442. The van der Waals surface area contributed by atoms with Crippen molar-refractivity contribution in [1.82, 2.24) is 14.9 Å². The van der Waals surface area contributed by atoms with E-state index in [9.17, 15) is 18.0 Å². The molecule has 11 heteroatoms. The summed E-state index contributed by atoms with van der Waals surface area (Å²) in [4.78, 5) is 25.6. The molecule has 31 heavy (non-hydrogen) atoms. The number of halogens is 4. The van der Waals surface area contributed by atoms with E-state index in [1.54, 1.807) is 43.3 Å². The first-order chi connectivity index (χ1) is 14.6. The van der Waals surface area contributed by atoms with Crippen LogP contribution in [0.2, 0.25) is 5.02 Å². The third kappa shape index (κ3) is 5.19. The lowest BCUT2D eigenvalue weighted by molar-refractivity contribution is -0.147. The first-order valence-corrected chi connectivity index (χ1v) is 9.94. The molecule has 2 heterocycles. The van der Waals surface area contributed by atoms with Gasteiger partial charge < -0.3 is 14.5 Å². The minimum absolute atomic E-state index is 0.00513. The SMILES string of the molecule is COC(=O)C(c1ccccc1Cl)N1CCN(c2nc(N(C)C)cc(C(F)(F)F)n2)CC1. The lowest BCUT2D eigenvalue weighted by Crippen LogP contribution is -2.50. The van der Waals surface area contributed by atoms with E-state index in [0.717, 1.165) is 6.07 Å². The maximum Gasteiger partial charge on any atom is 0.433 e. The fraction of sp³-hybridized carbons (Fsp3) is 0.450. The van der Waals surface area contributed by atoms with Crippen molar-refractivity contribution in [2.45, 2.75) is 12.2 Å². The van der Waals surface area contributed by atoms with E-state index in [0.29, 0.717) is 36.8 Å². The number of hydrogen-bond acceptors (Lipinski definition) is 7. The number of hydrogen-bond donors (Lipinski definition) is 0. The third-order valence-corrected chi connectivity index (χ3v) is 5.38. The minimum atomic E-state index is -4.58. The Balaban J connectivity index is 1.83. The monoisotopic (exact) mass is 457 g/mol. The van der Waals surface area contributed by atoms with Crippen LogP contribution >= 0.6 is 11.6 Å². The second-order valence-electron chi connectivity index (χ2n) is 7.27. The van der Waals surface area contributed by atoms with Crippen molar-refractivity contribution < 1.29 is 22.7 Å². The van der Waals surface area contributed by atoms with E-state index in [2.05, 4.69) is 9.97 Å². The highest BCUT2D eigenvalue weighted by Gasteiger charge is 2.36. The molecule has 0 aliphatic carbocycles. The smallest absolute Gasteiger partial charge is 0.433 e. The highest BCUT2D eigenvalue weighted by atomic mass is 35.5. The number of benzene rings is 1. The van der Waals surface area contributed by atoms with E-state index in [4.69, 9.17) is 16.3 Å². The minimum Gasteiger partial charge on any atom is -0.468 e. The lowest BCUT2D eigenvalue weighted by Gasteiger charge is -2.38. The van der Waals surface area contributed by atoms with Gasteiger partial charge in [-0.15, -0.1) is 0 Å². The molecule has 2 aromatic rings. The van der Waals surface area contributed by atoms with Gasteiger partial charge in [-0.3, -0.25) is 4.90 Å². The zero-order valence-corrected chi connectivity index (χ0v) is 18.1. The number of ether oxygens (including phenoxy) is 1. The van der Waals surface area contributed by atoms with Gasteiger partial charge in [-0.05, 0) is 11.6 Å². The molecule has 1 unspecified atom stereocenters. The Bertz CT molecular complexity index is 933. The Morgan fingerprint density at radius 1 is 1.16 bits per heavy atom. The molecule has 0 spiro atoms. The van der Waals surface area contributed by atoms with Crippen LogP contribution in [0.3, 0.4) is 0 Å². The van der Waals surface area contributed by atoms with E-state index >= 15 is 0 Å². The molecule has 0 radical (unpaired) electrons. The van der Waals surface area contributed by atoms with Crippen LogP contribution in [0.25, 0.3) is 0 Å². The van der Waals surface area contributed by atoms with Crippen molar-refractivity contribution in [3.63, 3.8) is 0 Å². The highest BCUT2D eigenvalue weighted by Crippen LogP contribution is 2.32. The predicted molar refractivity (Wildman–Crippen MR) is 111 cm³/mol. The number of rotatable bonds is 5. The van der Waals surface area contributed by atoms with Crippen LogP contribution < -0.4 is 9.80 Å². The van der Waals surface area contributed by atoms with Gasteiger partial charge >= 0.3 is 12.1 Å². The Kier molecular flexibility index (Phi) is 6.90. The van der Waals surface area contributed by atoms with Gasteiger partial charge in [-0.1, -0.05) is 29.8 Å². The van der Waals surface area contributed by atoms with Gasteiger partial charge in [0.2, 0.25) is 5.95 Å². The highest BCUT2D eigenvalue weighted by molar-refractivity contribution is 6.31. The topological polar surface area (TPSA) is 61.8 Å². The normalized spacial score (nSPS) is 16.2. The molecular formula is C20H23ClF3N5O2. The molecule has 1 fully saturated rings. The molecule has 168 valence electrons. The van der Waals surface area contributed by atoms with Crippen LogP contribution in [0.4, 0.5) is 24.9 Å². The largest absolute Gasteiger partial charge is 0.468 e. The van der Waals surface area contributed by atoms with Crippen LogP contribution in [0.1, 0.15) is 17.3 Å². The molecule has 0 saturated carbocycles. The van der Waals surface area contributed by atoms with Crippen LogP contribution in [-0.4, -0.2) is 68.2 Å². The number of carbonyl (C=O) groups excluding carboxylic acids is 1. The maximum absolute atomic E-state index is 13.3. The molecule has 1 aliphatic rings. The number of esters is 1. The zero-order valence-electron chi connectivity index (χ0n) is 17.4. The van der Waals surface area contributed by atoms with Crippen LogP contribution in [0.15, 0.2) is 30.3 Å². The molecular weight excluding hydrogens is 435 g/mol. The molecule has 1 aromatic carbocycles. The summed E-state index contributed by atoms with van der Waals surface area (Å²) in [6, 6.07) is 7.22. The summed E-state index contributed by atoms with van der Waals surface area (Å²) in [5.41, 5.74) is -0.373. The molecule has 1 atom stereocenters. The van der Waals surface area contributed by atoms with Crippen LogP contribution in [0, 0.1) is 0 Å². The maximum atomic E-state index is 13.3. The number of methoxy groups -OCH3 is 1. The van der Waals surface area contributed by atoms with Crippen molar-refractivity contribution >= 4 is 29.3 Å². The molecule has 0 amide bonds. The third-order valence-electron chi connectivity index (χ3n) is 5.04. The summed E-state index contributed by atoms with van der Waals surface area (Å²) in [5.74, 6) is -0.277. The number of piperazine rings is 1. The molecule has 0 N–H and O–H groups in total. The summed E-state index contributed by atoms with van der Waals surface area (Å²) in [7, 11) is 4.55. The van der Waals surface area contributed by atoms with Gasteiger partial charge in [0, 0.05) is 51.4 Å². The second kappa shape index (κ2) is 9.27. The zero-order chi connectivity index (χ0) is 22.8. The van der Waals surface area contributed by atoms with Crippen molar-refractivity contribution in [2.24, 2.45) is 0 Å². The number of aromatic nitrogens is 2. The number of nitrogens with zero attached hydrogens (tertiary/aromatic N) is 5. The van der Waals surface area contributed by atoms with Crippen molar-refractivity contribution in [3.05, 3.63) is 46.6 Å². The fourth-order valence-corrected chi connectivity index (χ4v) is 3.64. The van der Waals surface area contributed by atoms with Gasteiger partial charge in [0.1, 0.15) is 11.9 Å². The molecule has 0 bridgehead atoms. The quantitative estimate of drug-likeness (QED) is 0.639. The van der Waals surface area contributed by atoms with Gasteiger partial charge in [0.05, 0.1) is 7.11 Å². The van der Waals surface area contributed by atoms with Gasteiger partial charge in [-0.25, -0.2) is 9.78 Å². The van der Waals surface area contributed by atoms with Crippen LogP contribution in [-0.2, 0) is 15.7 Å². The summed E-state index contributed by atoms with van der Waals surface area (Å²) < 4.78 is 44.9. The first-order valence-electron chi connectivity index (χ1n) is 9.56. The fourth-order valence-electron chi connectivity index (χ4n) is 3.40. The van der Waals surface area contributed by atoms with E-state index < -0.39 is 23.9 Å².